The second kappa shape index (κ2) is 9.10. The van der Waals surface area contributed by atoms with Crippen LogP contribution in [0.4, 0.5) is 5.69 Å². The average molecular weight is 291 g/mol. The molecule has 21 heavy (non-hydrogen) atoms. The Balaban J connectivity index is 2.50. The van der Waals surface area contributed by atoms with Crippen LogP contribution in [0.25, 0.3) is 0 Å². The molecule has 0 spiro atoms. The number of nitrogens with zero attached hydrogens (tertiary/aromatic N) is 3. The molecule has 0 aliphatic rings. The zero-order valence-corrected chi connectivity index (χ0v) is 13.4. The monoisotopic (exact) mass is 291 g/mol. The van der Waals surface area contributed by atoms with E-state index in [4.69, 9.17) is 4.74 Å². The molecule has 0 aliphatic carbocycles. The number of esters is 1. The summed E-state index contributed by atoms with van der Waals surface area (Å²) in [6.45, 7) is 6.47. The molecule has 1 unspecified atom stereocenters. The van der Waals surface area contributed by atoms with Crippen molar-refractivity contribution in [2.24, 2.45) is 10.3 Å². The number of aryl methyl sites for hydroxylation is 1. The van der Waals surface area contributed by atoms with Crippen molar-refractivity contribution in [3.05, 3.63) is 29.8 Å². The van der Waals surface area contributed by atoms with E-state index in [1.165, 1.54) is 0 Å². The van der Waals surface area contributed by atoms with Crippen molar-refractivity contribution in [3.63, 3.8) is 0 Å². The minimum atomic E-state index is -0.156. The third-order valence-electron chi connectivity index (χ3n) is 3.39. The average Bonchev–Trinajstić information content (AvgIpc) is 2.51. The van der Waals surface area contributed by atoms with Crippen molar-refractivity contribution in [2.75, 3.05) is 13.7 Å². The van der Waals surface area contributed by atoms with Crippen molar-refractivity contribution < 1.29 is 9.53 Å². The fraction of sp³-hybridized carbons (Fsp3) is 0.562. The fourth-order valence-electron chi connectivity index (χ4n) is 1.68. The molecule has 1 rings (SSSR count). The first kappa shape index (κ1) is 17.1. The molecular formula is C16H25N3O2. The van der Waals surface area contributed by atoms with E-state index >= 15 is 0 Å². The van der Waals surface area contributed by atoms with Gasteiger partial charge in [-0.1, -0.05) is 24.3 Å². The van der Waals surface area contributed by atoms with Crippen LogP contribution in [-0.4, -0.2) is 30.7 Å². The summed E-state index contributed by atoms with van der Waals surface area (Å²) in [7, 11) is 1.92. The number of benzene rings is 1. The molecule has 5 nitrogen and oxygen atoms in total. The van der Waals surface area contributed by atoms with Crippen LogP contribution in [0, 0.1) is 0 Å². The maximum absolute atomic E-state index is 11.3. The first-order valence-electron chi connectivity index (χ1n) is 7.45. The van der Waals surface area contributed by atoms with Crippen LogP contribution in [0.3, 0.4) is 0 Å². The van der Waals surface area contributed by atoms with Crippen LogP contribution in [-0.2, 0) is 16.0 Å². The van der Waals surface area contributed by atoms with Gasteiger partial charge in [-0.3, -0.25) is 9.80 Å². The zero-order chi connectivity index (χ0) is 15.7. The largest absolute Gasteiger partial charge is 0.466 e. The zero-order valence-electron chi connectivity index (χ0n) is 13.4. The van der Waals surface area contributed by atoms with Crippen LogP contribution < -0.4 is 0 Å². The van der Waals surface area contributed by atoms with E-state index in [9.17, 15) is 4.79 Å². The van der Waals surface area contributed by atoms with Crippen LogP contribution in [0.2, 0.25) is 0 Å². The van der Waals surface area contributed by atoms with E-state index in [-0.39, 0.29) is 5.97 Å². The number of rotatable bonds is 8. The molecule has 1 aromatic carbocycles. The van der Waals surface area contributed by atoms with Crippen molar-refractivity contribution in [3.8, 4) is 0 Å². The first-order valence-corrected chi connectivity index (χ1v) is 7.45. The summed E-state index contributed by atoms with van der Waals surface area (Å²) in [5.74, 6) is -0.156. The SMILES string of the molecule is CCOC(=O)CCc1ccc(N=NN(C)C(C)CC)cc1. The standard InChI is InChI=1S/C16H25N3O2/c1-5-13(3)19(4)18-17-15-10-7-14(8-11-15)9-12-16(20)21-6-2/h7-8,10-11,13H,5-6,9,12H2,1-4H3. The van der Waals surface area contributed by atoms with Crippen LogP contribution in [0.15, 0.2) is 34.6 Å². The first-order chi connectivity index (χ1) is 10.1. The molecule has 0 bridgehead atoms. The second-order valence-corrected chi connectivity index (χ2v) is 4.99. The van der Waals surface area contributed by atoms with Gasteiger partial charge >= 0.3 is 5.97 Å². The molecule has 116 valence electrons. The van der Waals surface area contributed by atoms with E-state index in [1.807, 2.05) is 43.2 Å². The van der Waals surface area contributed by atoms with Crippen molar-refractivity contribution in [2.45, 2.75) is 46.1 Å². The molecule has 0 fully saturated rings. The normalized spacial score (nSPS) is 12.4. The number of ether oxygens (including phenoxy) is 1. The van der Waals surface area contributed by atoms with Crippen LogP contribution in [0.5, 0.6) is 0 Å². The van der Waals surface area contributed by atoms with Crippen molar-refractivity contribution >= 4 is 11.7 Å². The number of hydrogen-bond donors (Lipinski definition) is 0. The Hall–Kier alpha value is -1.91. The lowest BCUT2D eigenvalue weighted by Gasteiger charge is -2.18. The van der Waals surface area contributed by atoms with Gasteiger partial charge in [0.05, 0.1) is 12.3 Å². The predicted octanol–water partition coefficient (Wildman–Crippen LogP) is 3.91. The Morgan fingerprint density at radius 1 is 1.29 bits per heavy atom. The Morgan fingerprint density at radius 2 is 1.95 bits per heavy atom. The quantitative estimate of drug-likeness (QED) is 0.414. The number of carbonyl (C=O) groups excluding carboxylic acids is 1. The topological polar surface area (TPSA) is 54.3 Å². The van der Waals surface area contributed by atoms with E-state index < -0.39 is 0 Å². The summed E-state index contributed by atoms with van der Waals surface area (Å²) < 4.78 is 4.91. The molecule has 0 radical (unpaired) electrons. The lowest BCUT2D eigenvalue weighted by atomic mass is 10.1. The van der Waals surface area contributed by atoms with Crippen molar-refractivity contribution in [1.82, 2.24) is 5.01 Å². The van der Waals surface area contributed by atoms with E-state index in [1.54, 1.807) is 0 Å². The summed E-state index contributed by atoms with van der Waals surface area (Å²) >= 11 is 0. The lowest BCUT2D eigenvalue weighted by molar-refractivity contribution is -0.143. The van der Waals surface area contributed by atoms with Gasteiger partial charge in [0.2, 0.25) is 0 Å². The van der Waals surface area contributed by atoms with Gasteiger partial charge in [0.15, 0.2) is 0 Å². The molecule has 1 atom stereocenters. The molecule has 0 saturated heterocycles. The predicted molar refractivity (Wildman–Crippen MR) is 83.4 cm³/mol. The van der Waals surface area contributed by atoms with E-state index in [2.05, 4.69) is 24.2 Å². The summed E-state index contributed by atoms with van der Waals surface area (Å²) in [4.78, 5) is 11.3. The van der Waals surface area contributed by atoms with E-state index in [0.717, 1.165) is 17.7 Å². The second-order valence-electron chi connectivity index (χ2n) is 4.99. The molecule has 0 N–H and O–H groups in total. The highest BCUT2D eigenvalue weighted by molar-refractivity contribution is 5.69. The Morgan fingerprint density at radius 3 is 2.52 bits per heavy atom. The van der Waals surface area contributed by atoms with Crippen LogP contribution >= 0.6 is 0 Å². The fourth-order valence-corrected chi connectivity index (χ4v) is 1.68. The van der Waals surface area contributed by atoms with Gasteiger partial charge < -0.3 is 4.74 Å². The maximum Gasteiger partial charge on any atom is 0.306 e. The van der Waals surface area contributed by atoms with Gasteiger partial charge in [0.1, 0.15) is 0 Å². The van der Waals surface area contributed by atoms with Gasteiger partial charge in [-0.25, -0.2) is 0 Å². The minimum Gasteiger partial charge on any atom is -0.466 e. The van der Waals surface area contributed by atoms with Gasteiger partial charge in [-0.2, -0.15) is 0 Å². The van der Waals surface area contributed by atoms with Gasteiger partial charge in [0.25, 0.3) is 0 Å². The van der Waals surface area contributed by atoms with Gasteiger partial charge in [-0.15, -0.1) is 5.11 Å². The molecular weight excluding hydrogens is 266 g/mol. The summed E-state index contributed by atoms with van der Waals surface area (Å²) in [5, 5.41) is 10.2. The number of carbonyl (C=O) groups is 1. The summed E-state index contributed by atoms with van der Waals surface area (Å²) in [6, 6.07) is 8.13. The highest BCUT2D eigenvalue weighted by atomic mass is 16.5. The third-order valence-corrected chi connectivity index (χ3v) is 3.39. The summed E-state index contributed by atoms with van der Waals surface area (Å²) in [6.07, 6.45) is 2.12. The van der Waals surface area contributed by atoms with E-state index in [0.29, 0.717) is 25.5 Å². The molecule has 0 saturated carbocycles. The lowest BCUT2D eigenvalue weighted by Crippen LogP contribution is -2.22. The maximum atomic E-state index is 11.3. The van der Waals surface area contributed by atoms with Crippen molar-refractivity contribution in [1.29, 1.82) is 0 Å². The molecule has 0 heterocycles. The minimum absolute atomic E-state index is 0.156. The Bertz CT molecular complexity index is 457. The highest BCUT2D eigenvalue weighted by Gasteiger charge is 2.04. The molecule has 1 aromatic rings. The summed E-state index contributed by atoms with van der Waals surface area (Å²) in [5.41, 5.74) is 1.90. The van der Waals surface area contributed by atoms with Crippen LogP contribution in [0.1, 0.15) is 39.2 Å². The van der Waals surface area contributed by atoms with Gasteiger partial charge in [0, 0.05) is 19.5 Å². The molecule has 5 heteroatoms. The van der Waals surface area contributed by atoms with Gasteiger partial charge in [-0.05, 0) is 44.4 Å². The number of hydrogen-bond acceptors (Lipinski definition) is 4. The smallest absolute Gasteiger partial charge is 0.306 e. The molecule has 0 amide bonds. The highest BCUT2D eigenvalue weighted by Crippen LogP contribution is 2.15. The third kappa shape index (κ3) is 6.38. The Labute approximate surface area is 127 Å². The Kier molecular flexibility index (Phi) is 7.43. The molecule has 0 aromatic heterocycles. The molecule has 0 aliphatic heterocycles.